The lowest BCUT2D eigenvalue weighted by Crippen LogP contribution is -2.45. The summed E-state index contributed by atoms with van der Waals surface area (Å²) in [5.41, 5.74) is 1.96. The van der Waals surface area contributed by atoms with Gasteiger partial charge >= 0.3 is 6.18 Å². The Bertz CT molecular complexity index is 1050. The van der Waals surface area contributed by atoms with Gasteiger partial charge in [-0.05, 0) is 56.0 Å². The van der Waals surface area contributed by atoms with Gasteiger partial charge in [0.2, 0.25) is 0 Å². The van der Waals surface area contributed by atoms with Crippen molar-refractivity contribution < 1.29 is 22.5 Å². The van der Waals surface area contributed by atoms with Crippen molar-refractivity contribution in [3.8, 4) is 0 Å². The molecule has 1 aliphatic heterocycles. The number of hydrazone groups is 1. The van der Waals surface area contributed by atoms with Crippen LogP contribution in [0.1, 0.15) is 49.8 Å². The van der Waals surface area contributed by atoms with Gasteiger partial charge < -0.3 is 4.90 Å². The summed E-state index contributed by atoms with van der Waals surface area (Å²) < 4.78 is 53.1. The van der Waals surface area contributed by atoms with Gasteiger partial charge in [0.15, 0.2) is 0 Å². The van der Waals surface area contributed by atoms with E-state index in [1.807, 2.05) is 11.9 Å². The van der Waals surface area contributed by atoms with Crippen LogP contribution in [0.15, 0.2) is 35.4 Å². The fourth-order valence-corrected chi connectivity index (χ4v) is 3.83. The molecule has 2 aromatic rings. The summed E-state index contributed by atoms with van der Waals surface area (Å²) in [6, 6.07) is 5.16. The van der Waals surface area contributed by atoms with E-state index >= 15 is 0 Å². The lowest BCUT2D eigenvalue weighted by atomic mass is 9.80. The van der Waals surface area contributed by atoms with Crippen LogP contribution >= 0.6 is 0 Å². The topological polar surface area (TPSA) is 70.8 Å². The summed E-state index contributed by atoms with van der Waals surface area (Å²) in [6.07, 6.45) is -2.69. The van der Waals surface area contributed by atoms with E-state index in [-0.39, 0.29) is 22.7 Å². The summed E-state index contributed by atoms with van der Waals surface area (Å²) in [6.45, 7) is 6.22. The number of halogens is 4. The average Bonchev–Trinajstić information content (AvgIpc) is 2.66. The first-order valence-corrected chi connectivity index (χ1v) is 9.53. The molecule has 0 bridgehead atoms. The van der Waals surface area contributed by atoms with Crippen molar-refractivity contribution in [3.05, 3.63) is 63.0 Å². The molecule has 0 aromatic heterocycles. The maximum Gasteiger partial charge on any atom is 0.416 e. The van der Waals surface area contributed by atoms with Crippen LogP contribution in [-0.2, 0) is 6.18 Å². The molecule has 31 heavy (non-hydrogen) atoms. The van der Waals surface area contributed by atoms with Gasteiger partial charge in [0, 0.05) is 29.9 Å². The minimum absolute atomic E-state index is 0.127. The highest BCUT2D eigenvalue weighted by atomic mass is 19.4. The maximum atomic E-state index is 14.7. The molecule has 2 aromatic carbocycles. The van der Waals surface area contributed by atoms with Crippen LogP contribution in [0.5, 0.6) is 0 Å². The van der Waals surface area contributed by atoms with Crippen LogP contribution in [0.25, 0.3) is 0 Å². The van der Waals surface area contributed by atoms with Crippen LogP contribution in [0.4, 0.5) is 34.6 Å². The monoisotopic (exact) mass is 438 g/mol. The van der Waals surface area contributed by atoms with Crippen molar-refractivity contribution in [1.29, 1.82) is 0 Å². The zero-order chi connectivity index (χ0) is 23.1. The van der Waals surface area contributed by atoms with Crippen LogP contribution in [-0.4, -0.2) is 23.7 Å². The number of nitrogens with zero attached hydrogens (tertiary/aromatic N) is 3. The summed E-state index contributed by atoms with van der Waals surface area (Å²) in [5, 5.41) is 15.0. The molecule has 0 amide bonds. The van der Waals surface area contributed by atoms with Crippen LogP contribution in [0, 0.1) is 15.9 Å². The van der Waals surface area contributed by atoms with E-state index in [1.165, 1.54) is 6.07 Å². The first kappa shape index (κ1) is 22.5. The van der Waals surface area contributed by atoms with Crippen LogP contribution in [0.2, 0.25) is 0 Å². The third kappa shape index (κ3) is 4.47. The highest BCUT2D eigenvalue weighted by Gasteiger charge is 2.35. The number of nitrogens with one attached hydrogen (secondary N) is 1. The predicted molar refractivity (Wildman–Crippen MR) is 111 cm³/mol. The van der Waals surface area contributed by atoms with Crippen molar-refractivity contribution in [2.75, 3.05) is 17.4 Å². The number of rotatable bonds is 4. The molecule has 1 aliphatic rings. The SMILES string of the molecule is CC1CC(C)(C)N(C)c2cc(F)c(/C=N/Nc3ccc(C(F)(F)F)cc3[N+](=O)[O-])cc21. The Morgan fingerprint density at radius 3 is 2.58 bits per heavy atom. The van der Waals surface area contributed by atoms with Crippen molar-refractivity contribution in [2.45, 2.75) is 44.8 Å². The second-order valence-electron chi connectivity index (χ2n) is 8.27. The molecule has 1 N–H and O–H groups in total. The molecule has 0 saturated heterocycles. The zero-order valence-corrected chi connectivity index (χ0v) is 17.4. The van der Waals surface area contributed by atoms with Gasteiger partial charge in [-0.3, -0.25) is 15.5 Å². The van der Waals surface area contributed by atoms with Gasteiger partial charge in [-0.2, -0.15) is 18.3 Å². The summed E-state index contributed by atoms with van der Waals surface area (Å²) in [7, 11) is 1.91. The predicted octanol–water partition coefficient (Wildman–Crippen LogP) is 5.92. The maximum absolute atomic E-state index is 14.7. The fourth-order valence-electron chi connectivity index (χ4n) is 3.83. The van der Waals surface area contributed by atoms with Gasteiger partial charge in [0.25, 0.3) is 5.69 Å². The van der Waals surface area contributed by atoms with Crippen molar-refractivity contribution in [2.24, 2.45) is 5.10 Å². The highest BCUT2D eigenvalue weighted by molar-refractivity contribution is 5.83. The van der Waals surface area contributed by atoms with Gasteiger partial charge in [-0.15, -0.1) is 0 Å². The standard InChI is InChI=1S/C21H22F4N4O2/c1-12-10-20(2,3)28(4)18-9-16(22)13(7-15(12)18)11-26-27-17-6-5-14(21(23,24)25)8-19(17)29(30)31/h5-9,11-12,27H,10H2,1-4H3/b26-11+. The smallest absolute Gasteiger partial charge is 0.369 e. The zero-order valence-electron chi connectivity index (χ0n) is 17.4. The molecular formula is C21H22F4N4O2. The molecule has 10 heteroatoms. The van der Waals surface area contributed by atoms with E-state index in [2.05, 4.69) is 31.3 Å². The molecule has 0 spiro atoms. The van der Waals surface area contributed by atoms with E-state index in [4.69, 9.17) is 0 Å². The van der Waals surface area contributed by atoms with Crippen molar-refractivity contribution in [1.82, 2.24) is 0 Å². The van der Waals surface area contributed by atoms with E-state index in [9.17, 15) is 27.7 Å². The molecule has 1 atom stereocenters. The number of benzene rings is 2. The number of anilines is 2. The minimum Gasteiger partial charge on any atom is -0.369 e. The quantitative estimate of drug-likeness (QED) is 0.278. The van der Waals surface area contributed by atoms with Gasteiger partial charge in [-0.1, -0.05) is 6.92 Å². The Labute approximate surface area is 176 Å². The highest BCUT2D eigenvalue weighted by Crippen LogP contribution is 2.43. The molecule has 0 radical (unpaired) electrons. The van der Waals surface area contributed by atoms with Gasteiger partial charge in [0.1, 0.15) is 11.5 Å². The molecule has 0 aliphatic carbocycles. The molecule has 6 nitrogen and oxygen atoms in total. The lowest BCUT2D eigenvalue weighted by Gasteiger charge is -2.45. The molecule has 166 valence electrons. The Balaban J connectivity index is 1.89. The lowest BCUT2D eigenvalue weighted by molar-refractivity contribution is -0.384. The second-order valence-corrected chi connectivity index (χ2v) is 8.27. The molecule has 1 heterocycles. The van der Waals surface area contributed by atoms with Crippen molar-refractivity contribution >= 4 is 23.3 Å². The second kappa shape index (κ2) is 7.82. The van der Waals surface area contributed by atoms with E-state index in [0.29, 0.717) is 12.1 Å². The minimum atomic E-state index is -4.71. The normalized spacial score (nSPS) is 18.2. The number of hydrogen-bond acceptors (Lipinski definition) is 5. The number of nitro groups is 1. The van der Waals surface area contributed by atoms with Gasteiger partial charge in [-0.25, -0.2) is 4.39 Å². The third-order valence-electron chi connectivity index (χ3n) is 5.66. The van der Waals surface area contributed by atoms with Crippen molar-refractivity contribution in [3.63, 3.8) is 0 Å². The first-order valence-electron chi connectivity index (χ1n) is 9.53. The Hall–Kier alpha value is -3.17. The average molecular weight is 438 g/mol. The number of alkyl halides is 3. The Kier molecular flexibility index (Phi) is 5.68. The van der Waals surface area contributed by atoms with E-state index in [0.717, 1.165) is 30.0 Å². The first-order chi connectivity index (χ1) is 14.3. The number of fused-ring (bicyclic) bond motifs is 1. The third-order valence-corrected chi connectivity index (χ3v) is 5.66. The summed E-state index contributed by atoms with van der Waals surface area (Å²) in [4.78, 5) is 12.2. The number of hydrogen-bond donors (Lipinski definition) is 1. The van der Waals surface area contributed by atoms with E-state index < -0.39 is 28.2 Å². The Morgan fingerprint density at radius 2 is 1.97 bits per heavy atom. The molecular weight excluding hydrogens is 416 g/mol. The van der Waals surface area contributed by atoms with E-state index in [1.54, 1.807) is 6.07 Å². The fraction of sp³-hybridized carbons (Fsp3) is 0.381. The summed E-state index contributed by atoms with van der Waals surface area (Å²) in [5.74, 6) is -0.346. The molecule has 1 unspecified atom stereocenters. The molecule has 0 fully saturated rings. The van der Waals surface area contributed by atoms with Crippen LogP contribution in [0.3, 0.4) is 0 Å². The van der Waals surface area contributed by atoms with Gasteiger partial charge in [0.05, 0.1) is 16.7 Å². The van der Waals surface area contributed by atoms with Crippen LogP contribution < -0.4 is 10.3 Å². The molecule has 3 rings (SSSR count). The Morgan fingerprint density at radius 1 is 1.29 bits per heavy atom. The number of nitro benzene ring substituents is 1. The summed E-state index contributed by atoms with van der Waals surface area (Å²) >= 11 is 0. The largest absolute Gasteiger partial charge is 0.416 e. The molecule has 0 saturated carbocycles.